The maximum Gasteiger partial charge on any atom is 0.336 e. The molecule has 0 saturated heterocycles. The second-order valence-corrected chi connectivity index (χ2v) is 10.9. The molecule has 2 aromatic carbocycles. The molecule has 1 saturated carbocycles. The molecular formula is C28H27FIN5O4. The van der Waals surface area contributed by atoms with Crippen molar-refractivity contribution in [3.63, 3.8) is 0 Å². The van der Waals surface area contributed by atoms with Crippen LogP contribution in [0.25, 0.3) is 16.6 Å². The van der Waals surface area contributed by atoms with Gasteiger partial charge in [-0.1, -0.05) is 13.0 Å². The van der Waals surface area contributed by atoms with E-state index in [0.29, 0.717) is 40.6 Å². The van der Waals surface area contributed by atoms with Crippen molar-refractivity contribution in [3.8, 4) is 5.69 Å². The van der Waals surface area contributed by atoms with Crippen molar-refractivity contribution in [3.05, 3.63) is 88.6 Å². The van der Waals surface area contributed by atoms with Crippen LogP contribution in [0, 0.1) is 16.3 Å². The number of nitrogens with zero attached hydrogens (tertiary/aromatic N) is 3. The average molecular weight is 643 g/mol. The number of pyridine rings is 1. The number of carbonyl (C=O) groups excluding carboxylic acids is 1. The minimum atomic E-state index is -0.574. The molecule has 202 valence electrons. The van der Waals surface area contributed by atoms with E-state index in [1.165, 1.54) is 32.9 Å². The second-order valence-electron chi connectivity index (χ2n) is 9.68. The summed E-state index contributed by atoms with van der Waals surface area (Å²) in [6.45, 7) is 3.46. The number of amides is 1. The van der Waals surface area contributed by atoms with E-state index >= 15 is 0 Å². The van der Waals surface area contributed by atoms with Gasteiger partial charge in [-0.05, 0) is 85.2 Å². The molecular weight excluding hydrogens is 616 g/mol. The summed E-state index contributed by atoms with van der Waals surface area (Å²) >= 11 is 2.00. The SMILES string of the molecule is CCCC(=O)Nc1cccc(-n2c(=O)n(C3CC3)c(=O)c3c(Nc4ccc(I)cc4F)n(C)c(=O)c(C)c32)c1. The smallest absolute Gasteiger partial charge is 0.336 e. The summed E-state index contributed by atoms with van der Waals surface area (Å²) in [5.41, 5.74) is -0.281. The topological polar surface area (TPSA) is 107 Å². The lowest BCUT2D eigenvalue weighted by Crippen LogP contribution is -2.41. The second kappa shape index (κ2) is 10.4. The van der Waals surface area contributed by atoms with Gasteiger partial charge in [-0.15, -0.1) is 0 Å². The zero-order valence-corrected chi connectivity index (χ0v) is 23.8. The predicted octanol–water partition coefficient (Wildman–Crippen LogP) is 4.72. The van der Waals surface area contributed by atoms with Crippen LogP contribution in [0.2, 0.25) is 0 Å². The number of fused-ring (bicyclic) bond motifs is 1. The highest BCUT2D eigenvalue weighted by molar-refractivity contribution is 14.1. The molecule has 0 bridgehead atoms. The van der Waals surface area contributed by atoms with E-state index in [9.17, 15) is 23.6 Å². The number of rotatable bonds is 7. The first kappa shape index (κ1) is 26.9. The summed E-state index contributed by atoms with van der Waals surface area (Å²) in [7, 11) is 1.50. The Labute approximate surface area is 236 Å². The van der Waals surface area contributed by atoms with Crippen molar-refractivity contribution in [2.75, 3.05) is 10.6 Å². The number of hydrogen-bond acceptors (Lipinski definition) is 5. The zero-order valence-electron chi connectivity index (χ0n) is 21.7. The molecule has 0 radical (unpaired) electrons. The quantitative estimate of drug-likeness (QED) is 0.284. The molecule has 2 N–H and O–H groups in total. The average Bonchev–Trinajstić information content (AvgIpc) is 3.72. The van der Waals surface area contributed by atoms with Gasteiger partial charge in [0, 0.05) is 34.3 Å². The van der Waals surface area contributed by atoms with Gasteiger partial charge in [0.15, 0.2) is 0 Å². The van der Waals surface area contributed by atoms with Crippen LogP contribution >= 0.6 is 22.6 Å². The lowest BCUT2D eigenvalue weighted by Gasteiger charge is -2.21. The first-order chi connectivity index (χ1) is 18.6. The van der Waals surface area contributed by atoms with Gasteiger partial charge in [-0.3, -0.25) is 28.1 Å². The van der Waals surface area contributed by atoms with E-state index < -0.39 is 22.6 Å². The Bertz CT molecular complexity index is 1820. The molecule has 1 aliphatic carbocycles. The molecule has 0 atom stereocenters. The molecule has 2 aromatic heterocycles. The molecule has 0 spiro atoms. The Balaban J connectivity index is 1.84. The standard InChI is InChI=1S/C28H27FIN5O4/c1-4-6-22(36)31-17-7-5-8-19(14-17)34-24-15(2)26(37)33(3)25(32-21-12-9-16(30)13-20(21)29)23(24)27(38)35(28(34)39)18-10-11-18/h5,7-9,12-14,18,32H,4,6,10-11H2,1-3H3,(H,31,36). The van der Waals surface area contributed by atoms with Gasteiger partial charge in [0.1, 0.15) is 17.0 Å². The Hall–Kier alpha value is -3.74. The minimum absolute atomic E-state index is 0.0845. The van der Waals surface area contributed by atoms with Crippen molar-refractivity contribution in [1.29, 1.82) is 0 Å². The summed E-state index contributed by atoms with van der Waals surface area (Å²) in [5.74, 6) is -0.624. The molecule has 9 nitrogen and oxygen atoms in total. The van der Waals surface area contributed by atoms with Gasteiger partial charge in [0.2, 0.25) is 5.91 Å². The van der Waals surface area contributed by atoms with Gasteiger partial charge in [0.05, 0.1) is 16.9 Å². The third-order valence-corrected chi connectivity index (χ3v) is 7.48. The molecule has 4 aromatic rings. The lowest BCUT2D eigenvalue weighted by molar-refractivity contribution is -0.116. The molecule has 39 heavy (non-hydrogen) atoms. The van der Waals surface area contributed by atoms with Crippen molar-refractivity contribution in [2.24, 2.45) is 7.05 Å². The van der Waals surface area contributed by atoms with Gasteiger partial charge in [-0.25, -0.2) is 9.18 Å². The van der Waals surface area contributed by atoms with Crippen LogP contribution < -0.4 is 27.4 Å². The minimum Gasteiger partial charge on any atom is -0.338 e. The van der Waals surface area contributed by atoms with Gasteiger partial charge >= 0.3 is 5.69 Å². The fourth-order valence-corrected chi connectivity index (χ4v) is 5.20. The van der Waals surface area contributed by atoms with E-state index in [-0.39, 0.29) is 39.9 Å². The van der Waals surface area contributed by atoms with E-state index in [4.69, 9.17) is 0 Å². The third-order valence-electron chi connectivity index (χ3n) is 6.80. The summed E-state index contributed by atoms with van der Waals surface area (Å²) in [5, 5.41) is 5.88. The number of nitrogens with one attached hydrogen (secondary N) is 2. The molecule has 1 fully saturated rings. The van der Waals surface area contributed by atoms with Crippen molar-refractivity contribution >= 4 is 56.6 Å². The number of halogens is 2. The molecule has 1 aliphatic rings. The predicted molar refractivity (Wildman–Crippen MR) is 158 cm³/mol. The van der Waals surface area contributed by atoms with Gasteiger partial charge < -0.3 is 10.6 Å². The van der Waals surface area contributed by atoms with Crippen LogP contribution in [-0.4, -0.2) is 19.6 Å². The number of carbonyl (C=O) groups is 1. The van der Waals surface area contributed by atoms with E-state index in [1.54, 1.807) is 37.3 Å². The van der Waals surface area contributed by atoms with Crippen LogP contribution in [0.3, 0.4) is 0 Å². The van der Waals surface area contributed by atoms with Crippen molar-refractivity contribution < 1.29 is 9.18 Å². The molecule has 0 unspecified atom stereocenters. The Kier molecular flexibility index (Phi) is 7.19. The summed E-state index contributed by atoms with van der Waals surface area (Å²) in [4.78, 5) is 53.4. The van der Waals surface area contributed by atoms with Crippen LogP contribution in [0.15, 0.2) is 56.8 Å². The fourth-order valence-electron chi connectivity index (χ4n) is 4.75. The highest BCUT2D eigenvalue weighted by Gasteiger charge is 2.31. The summed E-state index contributed by atoms with van der Waals surface area (Å²) in [6, 6.07) is 11.0. The number of hydrogen-bond donors (Lipinski definition) is 2. The number of aromatic nitrogens is 3. The van der Waals surface area contributed by atoms with Gasteiger partial charge in [-0.2, -0.15) is 0 Å². The van der Waals surface area contributed by atoms with Crippen molar-refractivity contribution in [1.82, 2.24) is 13.7 Å². The maximum absolute atomic E-state index is 14.8. The number of aryl methyl sites for hydroxylation is 1. The normalized spacial score (nSPS) is 13.1. The van der Waals surface area contributed by atoms with E-state index in [1.807, 2.05) is 29.5 Å². The van der Waals surface area contributed by atoms with Crippen LogP contribution in [0.4, 0.5) is 21.6 Å². The van der Waals surface area contributed by atoms with E-state index in [2.05, 4.69) is 10.6 Å². The summed E-state index contributed by atoms with van der Waals surface area (Å²) in [6.07, 6.45) is 2.38. The number of anilines is 3. The van der Waals surface area contributed by atoms with E-state index in [0.717, 1.165) is 0 Å². The first-order valence-corrected chi connectivity index (χ1v) is 13.7. The zero-order chi connectivity index (χ0) is 28.0. The van der Waals surface area contributed by atoms with Crippen molar-refractivity contribution in [2.45, 2.75) is 45.6 Å². The Morgan fingerprint density at radius 1 is 1.10 bits per heavy atom. The molecule has 1 amide bonds. The molecule has 2 heterocycles. The largest absolute Gasteiger partial charge is 0.338 e. The Morgan fingerprint density at radius 3 is 2.51 bits per heavy atom. The molecule has 0 aliphatic heterocycles. The van der Waals surface area contributed by atoms with Crippen LogP contribution in [0.5, 0.6) is 0 Å². The highest BCUT2D eigenvalue weighted by Crippen LogP contribution is 2.34. The third kappa shape index (κ3) is 4.90. The lowest BCUT2D eigenvalue weighted by atomic mass is 10.1. The molecule has 5 rings (SSSR count). The number of benzene rings is 2. The Morgan fingerprint density at radius 2 is 1.85 bits per heavy atom. The van der Waals surface area contributed by atoms with Crippen LogP contribution in [0.1, 0.15) is 44.2 Å². The maximum atomic E-state index is 14.8. The molecule has 11 heteroatoms. The monoisotopic (exact) mass is 643 g/mol. The summed E-state index contributed by atoms with van der Waals surface area (Å²) < 4.78 is 19.4. The van der Waals surface area contributed by atoms with Gasteiger partial charge in [0.25, 0.3) is 11.1 Å². The first-order valence-electron chi connectivity index (χ1n) is 12.7. The van der Waals surface area contributed by atoms with Crippen LogP contribution in [-0.2, 0) is 11.8 Å². The fraction of sp³-hybridized carbons (Fsp3) is 0.286. The highest BCUT2D eigenvalue weighted by atomic mass is 127.